The summed E-state index contributed by atoms with van der Waals surface area (Å²) in [6.45, 7) is 7.59. The molecule has 0 aliphatic carbocycles. The second kappa shape index (κ2) is 8.98. The molecule has 6 nitrogen and oxygen atoms in total. The molecule has 1 aromatic heterocycles. The van der Waals surface area contributed by atoms with Gasteiger partial charge in [-0.25, -0.2) is 0 Å². The van der Waals surface area contributed by atoms with E-state index >= 15 is 0 Å². The maximum Gasteiger partial charge on any atom is 0.249 e. The lowest BCUT2D eigenvalue weighted by Gasteiger charge is -2.27. The van der Waals surface area contributed by atoms with Crippen molar-refractivity contribution in [3.8, 4) is 5.75 Å². The minimum absolute atomic E-state index is 0.269. The maximum absolute atomic E-state index is 5.66. The average molecular weight is 363 g/mol. The Labute approximate surface area is 160 Å². The van der Waals surface area contributed by atoms with Crippen molar-refractivity contribution in [2.45, 2.75) is 33.4 Å². The minimum Gasteiger partial charge on any atom is -0.492 e. The van der Waals surface area contributed by atoms with Crippen LogP contribution in [0.5, 0.6) is 5.75 Å². The van der Waals surface area contributed by atoms with E-state index in [1.54, 1.807) is 6.20 Å². The SMILES string of the molecule is CCOc1ccccc1Nc1nncc(N(Cc2ccccc2)C(C)C)n1. The summed E-state index contributed by atoms with van der Waals surface area (Å²) in [6.07, 6.45) is 1.70. The molecule has 1 heterocycles. The van der Waals surface area contributed by atoms with Crippen LogP contribution >= 0.6 is 0 Å². The first-order valence-corrected chi connectivity index (χ1v) is 9.16. The molecule has 0 bridgehead atoms. The Morgan fingerprint density at radius 1 is 1.04 bits per heavy atom. The number of ether oxygens (including phenoxy) is 1. The number of nitrogens with one attached hydrogen (secondary N) is 1. The third-order valence-electron chi connectivity index (χ3n) is 4.09. The number of rotatable bonds is 8. The molecule has 0 unspecified atom stereocenters. The number of para-hydroxylation sites is 2. The van der Waals surface area contributed by atoms with Gasteiger partial charge in [0.05, 0.1) is 18.5 Å². The van der Waals surface area contributed by atoms with E-state index in [1.807, 2.05) is 49.4 Å². The standard InChI is InChI=1S/C21H25N5O/c1-4-27-19-13-9-8-12-18(19)23-21-24-20(14-22-25-21)26(16(2)3)15-17-10-6-5-7-11-17/h5-14,16H,4,15H2,1-3H3,(H,23,24,25). The van der Waals surface area contributed by atoms with E-state index in [-0.39, 0.29) is 6.04 Å². The summed E-state index contributed by atoms with van der Waals surface area (Å²) >= 11 is 0. The highest BCUT2D eigenvalue weighted by Gasteiger charge is 2.15. The van der Waals surface area contributed by atoms with E-state index in [9.17, 15) is 0 Å². The first-order chi connectivity index (χ1) is 13.2. The van der Waals surface area contributed by atoms with Gasteiger partial charge in [-0.1, -0.05) is 42.5 Å². The molecular weight excluding hydrogens is 338 g/mol. The van der Waals surface area contributed by atoms with Crippen LogP contribution < -0.4 is 15.0 Å². The van der Waals surface area contributed by atoms with Crippen LogP contribution in [-0.2, 0) is 6.54 Å². The number of benzene rings is 2. The fourth-order valence-corrected chi connectivity index (χ4v) is 2.77. The van der Waals surface area contributed by atoms with E-state index in [0.29, 0.717) is 12.6 Å². The van der Waals surface area contributed by atoms with Crippen LogP contribution in [0.1, 0.15) is 26.3 Å². The van der Waals surface area contributed by atoms with Crippen molar-refractivity contribution < 1.29 is 4.74 Å². The zero-order valence-electron chi connectivity index (χ0n) is 16.0. The third-order valence-corrected chi connectivity index (χ3v) is 4.09. The van der Waals surface area contributed by atoms with Gasteiger partial charge in [0.15, 0.2) is 5.82 Å². The second-order valence-corrected chi connectivity index (χ2v) is 6.40. The molecule has 140 valence electrons. The van der Waals surface area contributed by atoms with E-state index in [2.05, 4.69) is 51.4 Å². The Kier molecular flexibility index (Phi) is 6.20. The monoisotopic (exact) mass is 363 g/mol. The molecule has 0 fully saturated rings. The summed E-state index contributed by atoms with van der Waals surface area (Å²) in [7, 11) is 0. The van der Waals surface area contributed by atoms with Gasteiger partial charge in [-0.15, -0.1) is 5.10 Å². The van der Waals surface area contributed by atoms with E-state index in [0.717, 1.165) is 23.8 Å². The molecule has 0 saturated carbocycles. The topological polar surface area (TPSA) is 63.2 Å². The summed E-state index contributed by atoms with van der Waals surface area (Å²) in [6, 6.07) is 18.3. The van der Waals surface area contributed by atoms with Crippen molar-refractivity contribution in [1.82, 2.24) is 15.2 Å². The molecule has 0 spiro atoms. The number of hydrogen-bond donors (Lipinski definition) is 1. The summed E-state index contributed by atoms with van der Waals surface area (Å²) < 4.78 is 5.66. The molecule has 0 saturated heterocycles. The van der Waals surface area contributed by atoms with Crippen LogP contribution in [0.2, 0.25) is 0 Å². The van der Waals surface area contributed by atoms with Crippen LogP contribution in [0.3, 0.4) is 0 Å². The Bertz CT molecular complexity index is 854. The largest absolute Gasteiger partial charge is 0.492 e. The number of anilines is 3. The van der Waals surface area contributed by atoms with Gasteiger partial charge >= 0.3 is 0 Å². The van der Waals surface area contributed by atoms with Crippen LogP contribution in [0.25, 0.3) is 0 Å². The first kappa shape index (κ1) is 18.6. The molecule has 1 N–H and O–H groups in total. The minimum atomic E-state index is 0.269. The van der Waals surface area contributed by atoms with Crippen LogP contribution in [0.15, 0.2) is 60.8 Å². The van der Waals surface area contributed by atoms with Gasteiger partial charge < -0.3 is 15.0 Å². The predicted molar refractivity (Wildman–Crippen MR) is 108 cm³/mol. The molecule has 0 aliphatic heterocycles. The normalized spacial score (nSPS) is 10.7. The van der Waals surface area contributed by atoms with Crippen molar-refractivity contribution in [1.29, 1.82) is 0 Å². The molecule has 3 aromatic rings. The maximum atomic E-state index is 5.66. The molecule has 0 amide bonds. The molecule has 2 aromatic carbocycles. The molecule has 27 heavy (non-hydrogen) atoms. The quantitative estimate of drug-likeness (QED) is 0.639. The fraction of sp³-hybridized carbons (Fsp3) is 0.286. The van der Waals surface area contributed by atoms with Gasteiger partial charge in [-0.3, -0.25) is 0 Å². The molecule has 6 heteroatoms. The van der Waals surface area contributed by atoms with Gasteiger partial charge in [0, 0.05) is 12.6 Å². The lowest BCUT2D eigenvalue weighted by Crippen LogP contribution is -2.31. The van der Waals surface area contributed by atoms with Gasteiger partial charge in [-0.05, 0) is 38.5 Å². The van der Waals surface area contributed by atoms with Gasteiger partial charge in [0.1, 0.15) is 5.75 Å². The van der Waals surface area contributed by atoms with Crippen LogP contribution in [-0.4, -0.2) is 27.8 Å². The van der Waals surface area contributed by atoms with Crippen LogP contribution in [0, 0.1) is 0 Å². The zero-order chi connectivity index (χ0) is 19.1. The van der Waals surface area contributed by atoms with Gasteiger partial charge in [0.2, 0.25) is 5.95 Å². The second-order valence-electron chi connectivity index (χ2n) is 6.40. The van der Waals surface area contributed by atoms with Gasteiger partial charge in [-0.2, -0.15) is 10.1 Å². The summed E-state index contributed by atoms with van der Waals surface area (Å²) in [5, 5.41) is 11.5. The summed E-state index contributed by atoms with van der Waals surface area (Å²) in [5.41, 5.74) is 2.04. The first-order valence-electron chi connectivity index (χ1n) is 9.16. The van der Waals surface area contributed by atoms with E-state index in [4.69, 9.17) is 4.74 Å². The number of aromatic nitrogens is 3. The Balaban J connectivity index is 1.83. The Morgan fingerprint density at radius 2 is 1.78 bits per heavy atom. The van der Waals surface area contributed by atoms with Crippen molar-refractivity contribution in [2.75, 3.05) is 16.8 Å². The molecule has 0 aliphatic rings. The van der Waals surface area contributed by atoms with Crippen molar-refractivity contribution in [3.05, 3.63) is 66.4 Å². The van der Waals surface area contributed by atoms with Crippen molar-refractivity contribution in [2.24, 2.45) is 0 Å². The van der Waals surface area contributed by atoms with Crippen LogP contribution in [0.4, 0.5) is 17.5 Å². The van der Waals surface area contributed by atoms with Gasteiger partial charge in [0.25, 0.3) is 0 Å². The number of nitrogens with zero attached hydrogens (tertiary/aromatic N) is 4. The Hall–Kier alpha value is -3.15. The highest BCUT2D eigenvalue weighted by Crippen LogP contribution is 2.26. The van der Waals surface area contributed by atoms with Crippen molar-refractivity contribution in [3.63, 3.8) is 0 Å². The van der Waals surface area contributed by atoms with E-state index < -0.39 is 0 Å². The number of hydrogen-bond acceptors (Lipinski definition) is 6. The zero-order valence-corrected chi connectivity index (χ0v) is 16.0. The molecule has 0 atom stereocenters. The molecular formula is C21H25N5O. The van der Waals surface area contributed by atoms with E-state index in [1.165, 1.54) is 5.56 Å². The third kappa shape index (κ3) is 4.94. The van der Waals surface area contributed by atoms with Crippen molar-refractivity contribution >= 4 is 17.5 Å². The molecule has 0 radical (unpaired) electrons. The lowest BCUT2D eigenvalue weighted by molar-refractivity contribution is 0.342. The highest BCUT2D eigenvalue weighted by molar-refractivity contribution is 5.62. The average Bonchev–Trinajstić information content (AvgIpc) is 2.69. The smallest absolute Gasteiger partial charge is 0.249 e. The summed E-state index contributed by atoms with van der Waals surface area (Å²) in [5.74, 6) is 1.98. The Morgan fingerprint density at radius 3 is 2.52 bits per heavy atom. The molecule has 3 rings (SSSR count). The highest BCUT2D eigenvalue weighted by atomic mass is 16.5. The summed E-state index contributed by atoms with van der Waals surface area (Å²) in [4.78, 5) is 6.87. The lowest BCUT2D eigenvalue weighted by atomic mass is 10.2. The fourth-order valence-electron chi connectivity index (χ4n) is 2.77. The predicted octanol–water partition coefficient (Wildman–Crippen LogP) is 4.43.